The summed E-state index contributed by atoms with van der Waals surface area (Å²) < 4.78 is 1.68. The Morgan fingerprint density at radius 3 is 1.32 bits per heavy atom. The minimum absolute atomic E-state index is 0.0334. The van der Waals surface area contributed by atoms with Crippen LogP contribution in [0.4, 0.5) is 0 Å². The molecule has 0 aromatic heterocycles. The lowest BCUT2D eigenvalue weighted by Crippen LogP contribution is -2.52. The van der Waals surface area contributed by atoms with E-state index in [2.05, 4.69) is 61.1 Å². The molecule has 3 rings (SSSR count). The smallest absolute Gasteiger partial charge is 0.145 e. The fourth-order valence-electron chi connectivity index (χ4n) is 5.31. The highest BCUT2D eigenvalue weighted by atomic mass is 35.5. The molecule has 1 aromatic carbocycles. The molecule has 4 heteroatoms. The summed E-state index contributed by atoms with van der Waals surface area (Å²) in [5.41, 5.74) is 4.24. The van der Waals surface area contributed by atoms with Crippen molar-refractivity contribution in [2.75, 3.05) is 39.3 Å². The molecule has 0 radical (unpaired) electrons. The first-order chi connectivity index (χ1) is 16.3. The van der Waals surface area contributed by atoms with Crippen molar-refractivity contribution in [3.05, 3.63) is 59.9 Å². The lowest BCUT2D eigenvalue weighted by Gasteiger charge is -2.41. The van der Waals surface area contributed by atoms with Gasteiger partial charge in [0.25, 0.3) is 0 Å². The Balaban J connectivity index is 1.65. The zero-order chi connectivity index (χ0) is 24.6. The van der Waals surface area contributed by atoms with Crippen molar-refractivity contribution in [1.82, 2.24) is 0 Å². The number of rotatable bonds is 6. The van der Waals surface area contributed by atoms with E-state index in [-0.39, 0.29) is 10.8 Å². The molecule has 2 saturated heterocycles. The third-order valence-electron chi connectivity index (χ3n) is 7.60. The second-order valence-corrected chi connectivity index (χ2v) is 11.3. The van der Waals surface area contributed by atoms with Crippen molar-refractivity contribution in [3.8, 4) is 23.7 Å². The number of allylic oxidation sites excluding steroid dienone is 2. The molecule has 2 heterocycles. The predicted molar refractivity (Wildman–Crippen MR) is 147 cm³/mol. The number of likely N-dealkylation sites (tertiary alicyclic amines) is 2. The molecular weight excluding hydrogens is 459 g/mol. The van der Waals surface area contributed by atoms with E-state index >= 15 is 0 Å². The molecule has 0 saturated carbocycles. The SMILES string of the molecule is C=C(C(C)Cl)[N+]1(CC#Cc2ccc(C#CC[N+]3(C(=C)C(C)Cl)CCCCC3)cc2)CCCCC1. The minimum Gasteiger partial charge on any atom is -0.284 e. The van der Waals surface area contributed by atoms with Crippen LogP contribution < -0.4 is 0 Å². The van der Waals surface area contributed by atoms with Gasteiger partial charge < -0.3 is 0 Å². The van der Waals surface area contributed by atoms with Gasteiger partial charge in [-0.1, -0.05) is 11.8 Å². The monoisotopic (exact) mass is 498 g/mol. The summed E-state index contributed by atoms with van der Waals surface area (Å²) in [5, 5.41) is -0.0668. The topological polar surface area (TPSA) is 0 Å². The van der Waals surface area contributed by atoms with Crippen LogP contribution in [0.3, 0.4) is 0 Å². The molecule has 34 heavy (non-hydrogen) atoms. The van der Waals surface area contributed by atoms with Crippen LogP contribution in [0, 0.1) is 23.7 Å². The number of hydrogen-bond acceptors (Lipinski definition) is 0. The number of quaternary nitrogens is 2. The van der Waals surface area contributed by atoms with Gasteiger partial charge in [-0.25, -0.2) is 0 Å². The van der Waals surface area contributed by atoms with Gasteiger partial charge in [-0.2, -0.15) is 0 Å². The van der Waals surface area contributed by atoms with Gasteiger partial charge in [-0.05, 0) is 102 Å². The maximum Gasteiger partial charge on any atom is 0.145 e. The van der Waals surface area contributed by atoms with Crippen LogP contribution in [-0.4, -0.2) is 59.0 Å². The minimum atomic E-state index is -0.0334. The third-order valence-corrected chi connectivity index (χ3v) is 8.10. The van der Waals surface area contributed by atoms with E-state index in [0.29, 0.717) is 0 Å². The predicted octanol–water partition coefficient (Wildman–Crippen LogP) is 6.67. The van der Waals surface area contributed by atoms with Crippen LogP contribution >= 0.6 is 23.2 Å². The lowest BCUT2D eigenvalue weighted by atomic mass is 10.0. The van der Waals surface area contributed by atoms with Gasteiger partial charge in [0.15, 0.2) is 0 Å². The summed E-state index contributed by atoms with van der Waals surface area (Å²) in [5.74, 6) is 13.6. The summed E-state index contributed by atoms with van der Waals surface area (Å²) in [4.78, 5) is 0. The van der Waals surface area contributed by atoms with Crippen LogP contribution in [0.25, 0.3) is 0 Å². The van der Waals surface area contributed by atoms with Gasteiger partial charge >= 0.3 is 0 Å². The van der Waals surface area contributed by atoms with Gasteiger partial charge in [-0.3, -0.25) is 8.97 Å². The molecule has 0 spiro atoms. The van der Waals surface area contributed by atoms with Crippen molar-refractivity contribution in [3.63, 3.8) is 0 Å². The molecule has 1 aromatic rings. The highest BCUT2D eigenvalue weighted by Crippen LogP contribution is 2.29. The molecule has 0 bridgehead atoms. The van der Waals surface area contributed by atoms with Crippen molar-refractivity contribution in [2.45, 2.75) is 63.1 Å². The summed E-state index contributed by atoms with van der Waals surface area (Å²) in [6.07, 6.45) is 7.45. The Morgan fingerprint density at radius 2 is 1.03 bits per heavy atom. The van der Waals surface area contributed by atoms with Crippen LogP contribution in [0.15, 0.2) is 48.8 Å². The van der Waals surface area contributed by atoms with Crippen molar-refractivity contribution >= 4 is 23.2 Å². The Morgan fingerprint density at radius 1 is 0.706 bits per heavy atom. The van der Waals surface area contributed by atoms with Gasteiger partial charge in [-0.15, -0.1) is 23.2 Å². The van der Waals surface area contributed by atoms with E-state index in [4.69, 9.17) is 23.2 Å². The fourth-order valence-corrected chi connectivity index (χ4v) is 5.72. The van der Waals surface area contributed by atoms with E-state index < -0.39 is 0 Å². The Kier molecular flexibility index (Phi) is 9.76. The Bertz CT molecular complexity index is 890. The normalized spacial score (nSPS) is 20.6. The fraction of sp³-hybridized carbons (Fsp3) is 0.533. The summed E-state index contributed by atoms with van der Waals surface area (Å²) >= 11 is 12.8. The molecule has 2 unspecified atom stereocenters. The number of benzene rings is 1. The quantitative estimate of drug-likeness (QED) is 0.233. The van der Waals surface area contributed by atoms with Crippen LogP contribution in [0.2, 0.25) is 0 Å². The van der Waals surface area contributed by atoms with Gasteiger partial charge in [0.05, 0.1) is 26.2 Å². The summed E-state index contributed by atoms with van der Waals surface area (Å²) in [6, 6.07) is 8.28. The van der Waals surface area contributed by atoms with Crippen LogP contribution in [0.1, 0.15) is 63.5 Å². The van der Waals surface area contributed by atoms with Crippen molar-refractivity contribution in [2.24, 2.45) is 0 Å². The maximum absolute atomic E-state index is 6.41. The zero-order valence-corrected chi connectivity index (χ0v) is 22.5. The summed E-state index contributed by atoms with van der Waals surface area (Å²) in [7, 11) is 0. The zero-order valence-electron chi connectivity index (χ0n) is 21.0. The highest BCUT2D eigenvalue weighted by Gasteiger charge is 2.35. The molecule has 2 fully saturated rings. The molecule has 182 valence electrons. The van der Waals surface area contributed by atoms with Crippen molar-refractivity contribution in [1.29, 1.82) is 0 Å². The average Bonchev–Trinajstić information content (AvgIpc) is 2.85. The third kappa shape index (κ3) is 6.71. The Labute approximate surface area is 217 Å². The average molecular weight is 500 g/mol. The maximum atomic E-state index is 6.41. The molecule has 0 aliphatic carbocycles. The number of alkyl halides is 2. The molecular formula is C30H40Cl2N2+2. The molecule has 0 amide bonds. The van der Waals surface area contributed by atoms with E-state index in [0.717, 1.165) is 70.8 Å². The van der Waals surface area contributed by atoms with Gasteiger partial charge in [0, 0.05) is 11.1 Å². The van der Waals surface area contributed by atoms with E-state index in [1.807, 2.05) is 13.8 Å². The van der Waals surface area contributed by atoms with Crippen LogP contribution in [0.5, 0.6) is 0 Å². The van der Waals surface area contributed by atoms with Gasteiger partial charge in [0.2, 0.25) is 0 Å². The second kappa shape index (κ2) is 12.3. The van der Waals surface area contributed by atoms with Crippen LogP contribution in [-0.2, 0) is 0 Å². The first-order valence-electron chi connectivity index (χ1n) is 12.7. The molecule has 2 nitrogen and oxygen atoms in total. The lowest BCUT2D eigenvalue weighted by molar-refractivity contribution is -0.890. The molecule has 2 aliphatic heterocycles. The van der Waals surface area contributed by atoms with Gasteiger partial charge in [0.1, 0.15) is 35.2 Å². The second-order valence-electron chi connectivity index (χ2n) is 10.0. The largest absolute Gasteiger partial charge is 0.284 e. The van der Waals surface area contributed by atoms with E-state index in [1.54, 1.807) is 0 Å². The molecule has 2 atom stereocenters. The standard InChI is InChI=1S/C30H40Cl2N2/c1-25(31)27(3)33(19-7-5-8-20-33)23-11-13-29-15-17-30(18-16-29)14-12-24-34(28(4)26(2)32)21-9-6-10-22-34/h15-18,25-26H,3-10,19-24H2,1-2H3/q+2. The first-order valence-corrected chi connectivity index (χ1v) is 13.6. The van der Waals surface area contributed by atoms with E-state index in [1.165, 1.54) is 38.5 Å². The Hall–Kier alpha value is -1.68. The van der Waals surface area contributed by atoms with E-state index in [9.17, 15) is 0 Å². The highest BCUT2D eigenvalue weighted by molar-refractivity contribution is 6.22. The summed E-state index contributed by atoms with van der Waals surface area (Å²) in [6.45, 7) is 18.6. The first kappa shape index (κ1) is 26.9. The number of nitrogens with zero attached hydrogens (tertiary/aromatic N) is 2. The van der Waals surface area contributed by atoms with Crippen molar-refractivity contribution < 1.29 is 8.97 Å². The molecule has 0 N–H and O–H groups in total. The number of hydrogen-bond donors (Lipinski definition) is 0. The number of halogens is 2. The molecule has 2 aliphatic rings. The number of piperidine rings is 2.